The van der Waals surface area contributed by atoms with Gasteiger partial charge >= 0.3 is 0 Å². The minimum absolute atomic E-state index is 0.0352. The van der Waals surface area contributed by atoms with Gasteiger partial charge in [-0.25, -0.2) is 4.99 Å². The molecule has 112 valence electrons. The number of fused-ring (bicyclic) bond motifs is 1. The zero-order chi connectivity index (χ0) is 14.8. The highest BCUT2D eigenvalue weighted by Gasteiger charge is 2.42. The number of hydrogen-bond donors (Lipinski definition) is 3. The van der Waals surface area contributed by atoms with Gasteiger partial charge in [-0.3, -0.25) is 10.4 Å². The second kappa shape index (κ2) is 5.84. The molecule has 7 heteroatoms. The van der Waals surface area contributed by atoms with Crippen LogP contribution in [0.25, 0.3) is 0 Å². The van der Waals surface area contributed by atoms with Crippen LogP contribution in [0.5, 0.6) is 0 Å². The van der Waals surface area contributed by atoms with E-state index in [9.17, 15) is 5.11 Å². The van der Waals surface area contributed by atoms with Gasteiger partial charge in [0.05, 0.1) is 19.0 Å². The van der Waals surface area contributed by atoms with Crippen LogP contribution in [0.4, 0.5) is 0 Å². The summed E-state index contributed by atoms with van der Waals surface area (Å²) in [5.41, 5.74) is 0. The van der Waals surface area contributed by atoms with E-state index in [1.807, 2.05) is 11.8 Å². The van der Waals surface area contributed by atoms with E-state index in [1.165, 1.54) is 0 Å². The van der Waals surface area contributed by atoms with E-state index in [2.05, 4.69) is 27.1 Å². The number of aliphatic hydroxyl groups is 1. The molecule has 0 saturated carbocycles. The largest absolute Gasteiger partial charge is 0.394 e. The van der Waals surface area contributed by atoms with E-state index in [1.54, 1.807) is 6.34 Å². The Morgan fingerprint density at radius 1 is 1.57 bits per heavy atom. The average Bonchev–Trinajstić information content (AvgIpc) is 3.11. The van der Waals surface area contributed by atoms with Crippen LogP contribution in [0.15, 0.2) is 9.98 Å². The van der Waals surface area contributed by atoms with Crippen LogP contribution in [-0.2, 0) is 4.74 Å². The van der Waals surface area contributed by atoms with Gasteiger partial charge in [0.25, 0.3) is 0 Å². The number of aliphatic imine (C=N–C) groups is 2. The molecular weight excluding hydrogens is 270 g/mol. The predicted molar refractivity (Wildman–Crippen MR) is 79.3 cm³/mol. The minimum atomic E-state index is -0.325. The quantitative estimate of drug-likeness (QED) is 0.620. The van der Waals surface area contributed by atoms with Gasteiger partial charge in [-0.2, -0.15) is 0 Å². The van der Waals surface area contributed by atoms with Crippen LogP contribution in [0.3, 0.4) is 0 Å². The van der Waals surface area contributed by atoms with Crippen LogP contribution in [0.1, 0.15) is 26.2 Å². The van der Waals surface area contributed by atoms with Crippen molar-refractivity contribution < 1.29 is 9.84 Å². The topological polar surface area (TPSA) is 93.3 Å². The van der Waals surface area contributed by atoms with Gasteiger partial charge in [-0.1, -0.05) is 12.8 Å². The van der Waals surface area contributed by atoms with Crippen LogP contribution in [0, 0.1) is 17.3 Å². The Hall–Kier alpha value is -1.91. The van der Waals surface area contributed by atoms with E-state index in [4.69, 9.17) is 10.1 Å². The van der Waals surface area contributed by atoms with Crippen LogP contribution in [0.2, 0.25) is 0 Å². The van der Waals surface area contributed by atoms with E-state index >= 15 is 0 Å². The highest BCUT2D eigenvalue weighted by molar-refractivity contribution is 6.10. The van der Waals surface area contributed by atoms with Gasteiger partial charge in [0.2, 0.25) is 0 Å². The summed E-state index contributed by atoms with van der Waals surface area (Å²) in [5.74, 6) is 6.61. The molecule has 7 nitrogen and oxygen atoms in total. The molecule has 0 aromatic carbocycles. The molecule has 0 amide bonds. The first kappa shape index (κ1) is 14.0. The molecule has 0 aromatic heterocycles. The molecule has 0 radical (unpaired) electrons. The molecule has 3 aliphatic heterocycles. The van der Waals surface area contributed by atoms with E-state index < -0.39 is 0 Å². The number of hydrogen-bond acceptors (Lipinski definition) is 6. The van der Waals surface area contributed by atoms with Gasteiger partial charge < -0.3 is 20.1 Å². The Morgan fingerprint density at radius 3 is 3.14 bits per heavy atom. The zero-order valence-electron chi connectivity index (χ0n) is 11.9. The van der Waals surface area contributed by atoms with Crippen LogP contribution in [-0.4, -0.2) is 59.2 Å². The molecule has 3 rings (SSSR count). The smallest absolute Gasteiger partial charge is 0.182 e. The summed E-state index contributed by atoms with van der Waals surface area (Å²) in [4.78, 5) is 10.5. The lowest BCUT2D eigenvalue weighted by Crippen LogP contribution is -2.57. The van der Waals surface area contributed by atoms with Gasteiger partial charge in [-0.05, 0) is 18.8 Å². The summed E-state index contributed by atoms with van der Waals surface area (Å²) in [6.07, 6.45) is 3.70. The first-order valence-corrected chi connectivity index (χ1v) is 7.22. The molecule has 0 spiro atoms. The molecular formula is C14H19N5O2. The van der Waals surface area contributed by atoms with Crippen LogP contribution >= 0.6 is 0 Å². The minimum Gasteiger partial charge on any atom is -0.394 e. The van der Waals surface area contributed by atoms with Crippen molar-refractivity contribution in [1.82, 2.24) is 10.2 Å². The molecule has 4 atom stereocenters. The highest BCUT2D eigenvalue weighted by Crippen LogP contribution is 2.27. The fourth-order valence-electron chi connectivity index (χ4n) is 2.73. The van der Waals surface area contributed by atoms with Gasteiger partial charge in [0.1, 0.15) is 18.4 Å². The third kappa shape index (κ3) is 2.64. The van der Waals surface area contributed by atoms with E-state index in [0.29, 0.717) is 5.84 Å². The average molecular weight is 289 g/mol. The first-order valence-electron chi connectivity index (χ1n) is 7.22. The summed E-state index contributed by atoms with van der Waals surface area (Å²) in [6.45, 7) is 2.00. The second-order valence-corrected chi connectivity index (χ2v) is 5.22. The van der Waals surface area contributed by atoms with Crippen LogP contribution < -0.4 is 5.32 Å². The maximum atomic E-state index is 9.18. The number of aliphatic hydroxyl groups excluding tert-OH is 1. The third-order valence-electron chi connectivity index (χ3n) is 3.78. The molecule has 3 heterocycles. The molecule has 3 N–H and O–H groups in total. The number of nitrogens with one attached hydrogen (secondary N) is 2. The van der Waals surface area contributed by atoms with E-state index in [0.717, 1.165) is 19.3 Å². The summed E-state index contributed by atoms with van der Waals surface area (Å²) in [6, 6.07) is -0.325. The van der Waals surface area contributed by atoms with Gasteiger partial charge in [0.15, 0.2) is 11.7 Å². The highest BCUT2D eigenvalue weighted by atomic mass is 16.5. The molecule has 0 bridgehead atoms. The summed E-state index contributed by atoms with van der Waals surface area (Å²) < 4.78 is 5.79. The fourth-order valence-corrected chi connectivity index (χ4v) is 2.73. The molecule has 3 aliphatic rings. The van der Waals surface area contributed by atoms with Crippen molar-refractivity contribution in [3.05, 3.63) is 0 Å². The lowest BCUT2D eigenvalue weighted by Gasteiger charge is -2.34. The Kier molecular flexibility index (Phi) is 3.90. The number of amidine groups is 2. The number of ether oxygens (including phenoxy) is 1. The zero-order valence-corrected chi connectivity index (χ0v) is 11.9. The van der Waals surface area contributed by atoms with Gasteiger partial charge in [0, 0.05) is 6.42 Å². The first-order chi connectivity index (χ1) is 10.2. The molecule has 1 fully saturated rings. The predicted octanol–water partition coefficient (Wildman–Crippen LogP) is -0.0852. The molecule has 21 heavy (non-hydrogen) atoms. The molecule has 4 unspecified atom stereocenters. The lowest BCUT2D eigenvalue weighted by atomic mass is 10.1. The summed E-state index contributed by atoms with van der Waals surface area (Å²) >= 11 is 0. The Labute approximate surface area is 123 Å². The molecule has 1 saturated heterocycles. The van der Waals surface area contributed by atoms with Gasteiger partial charge in [-0.15, -0.1) is 0 Å². The normalized spacial score (nSPS) is 34.1. The Bertz CT molecular complexity index is 547. The fraction of sp³-hybridized carbons (Fsp3) is 0.643. The monoisotopic (exact) mass is 289 g/mol. The summed E-state index contributed by atoms with van der Waals surface area (Å²) in [7, 11) is 0. The summed E-state index contributed by atoms with van der Waals surface area (Å²) in [5, 5.41) is 20.4. The second-order valence-electron chi connectivity index (χ2n) is 5.22. The van der Waals surface area contributed by atoms with Crippen molar-refractivity contribution >= 4 is 18.0 Å². The third-order valence-corrected chi connectivity index (χ3v) is 3.78. The maximum absolute atomic E-state index is 9.18. The Morgan fingerprint density at radius 2 is 2.43 bits per heavy atom. The molecule has 0 aromatic rings. The Balaban J connectivity index is 1.74. The van der Waals surface area contributed by atoms with Crippen molar-refractivity contribution in [3.8, 4) is 11.8 Å². The van der Waals surface area contributed by atoms with Crippen molar-refractivity contribution in [1.29, 1.82) is 5.41 Å². The number of nitrogens with zero attached hydrogens (tertiary/aromatic N) is 3. The number of rotatable bonds is 2. The van der Waals surface area contributed by atoms with Crippen molar-refractivity contribution in [3.63, 3.8) is 0 Å². The SMILES string of the molecule is CCC#CC1=NC(=N)C2N=CN(C3CCC(CO)O3)C2N1. The van der Waals surface area contributed by atoms with Crippen molar-refractivity contribution in [2.45, 2.75) is 50.7 Å². The van der Waals surface area contributed by atoms with Crippen molar-refractivity contribution in [2.75, 3.05) is 6.61 Å². The lowest BCUT2D eigenvalue weighted by molar-refractivity contribution is -0.0512. The van der Waals surface area contributed by atoms with Crippen molar-refractivity contribution in [2.24, 2.45) is 9.98 Å². The maximum Gasteiger partial charge on any atom is 0.182 e. The van der Waals surface area contributed by atoms with E-state index in [-0.39, 0.29) is 37.0 Å². The standard InChI is InChI=1S/C14H19N5O2/c1-2-3-4-10-17-13(15)12-14(18-10)19(8-16-12)11-6-5-9(7-20)21-11/h8-9,11-12,14,20H,2,5-7H2,1H3,(H2,15,17,18). The molecule has 0 aliphatic carbocycles.